The first-order chi connectivity index (χ1) is 5.79. The molecule has 70 valence electrons. The van der Waals surface area contributed by atoms with Crippen molar-refractivity contribution in [2.75, 3.05) is 18.5 Å². The highest BCUT2D eigenvalue weighted by molar-refractivity contribution is 9.09. The smallest absolute Gasteiger partial charge is 0.224 e. The minimum atomic E-state index is 0.0278. The lowest BCUT2D eigenvalue weighted by atomic mass is 10.3. The van der Waals surface area contributed by atoms with Gasteiger partial charge in [0.15, 0.2) is 0 Å². The van der Waals surface area contributed by atoms with E-state index in [1.807, 2.05) is 6.92 Å². The standard InChI is InChI=1S/C8H14BrNO2/c1-2-12-8-4-3-7(11)10(8)6-5-9/h8H,2-6H2,1H3. The van der Waals surface area contributed by atoms with Crippen LogP contribution in [0.3, 0.4) is 0 Å². The van der Waals surface area contributed by atoms with Gasteiger partial charge >= 0.3 is 0 Å². The number of alkyl halides is 1. The highest BCUT2D eigenvalue weighted by atomic mass is 79.9. The monoisotopic (exact) mass is 235 g/mol. The van der Waals surface area contributed by atoms with Crippen LogP contribution in [0.1, 0.15) is 19.8 Å². The van der Waals surface area contributed by atoms with Gasteiger partial charge < -0.3 is 9.64 Å². The molecule has 3 nitrogen and oxygen atoms in total. The van der Waals surface area contributed by atoms with E-state index in [0.717, 1.165) is 18.3 Å². The van der Waals surface area contributed by atoms with Crippen molar-refractivity contribution in [3.63, 3.8) is 0 Å². The molecular formula is C8H14BrNO2. The normalized spacial score (nSPS) is 23.7. The van der Waals surface area contributed by atoms with Gasteiger partial charge in [-0.25, -0.2) is 0 Å². The summed E-state index contributed by atoms with van der Waals surface area (Å²) in [7, 11) is 0. The maximum absolute atomic E-state index is 11.3. The molecule has 1 rings (SSSR count). The summed E-state index contributed by atoms with van der Waals surface area (Å²) in [6, 6.07) is 0. The first kappa shape index (κ1) is 9.99. The average molecular weight is 236 g/mol. The quantitative estimate of drug-likeness (QED) is 0.690. The Morgan fingerprint density at radius 2 is 2.50 bits per heavy atom. The Kier molecular flexibility index (Phi) is 4.01. The molecule has 0 aromatic heterocycles. The number of rotatable bonds is 4. The number of ether oxygens (including phenoxy) is 1. The number of amides is 1. The molecule has 0 aromatic rings. The number of carbonyl (C=O) groups excluding carboxylic acids is 1. The van der Waals surface area contributed by atoms with Crippen LogP contribution >= 0.6 is 15.9 Å². The minimum absolute atomic E-state index is 0.0278. The molecule has 0 saturated carbocycles. The van der Waals surface area contributed by atoms with Gasteiger partial charge in [0.25, 0.3) is 0 Å². The molecule has 4 heteroatoms. The summed E-state index contributed by atoms with van der Waals surface area (Å²) >= 11 is 3.32. The van der Waals surface area contributed by atoms with Crippen molar-refractivity contribution in [3.8, 4) is 0 Å². The van der Waals surface area contributed by atoms with Crippen molar-refractivity contribution in [2.24, 2.45) is 0 Å². The molecule has 12 heavy (non-hydrogen) atoms. The second-order valence-corrected chi connectivity index (χ2v) is 3.52. The molecule has 1 atom stereocenters. The van der Waals surface area contributed by atoms with Gasteiger partial charge in [0, 0.05) is 31.3 Å². The van der Waals surface area contributed by atoms with Crippen LogP contribution in [0, 0.1) is 0 Å². The third-order valence-electron chi connectivity index (χ3n) is 1.96. The average Bonchev–Trinajstić information content (AvgIpc) is 2.37. The van der Waals surface area contributed by atoms with Crippen molar-refractivity contribution in [3.05, 3.63) is 0 Å². The van der Waals surface area contributed by atoms with Crippen LogP contribution in [0.25, 0.3) is 0 Å². The highest BCUT2D eigenvalue weighted by Crippen LogP contribution is 2.19. The maximum Gasteiger partial charge on any atom is 0.224 e. The fraction of sp³-hybridized carbons (Fsp3) is 0.875. The molecule has 1 aliphatic heterocycles. The van der Waals surface area contributed by atoms with Gasteiger partial charge in [-0.3, -0.25) is 4.79 Å². The predicted molar refractivity (Wildman–Crippen MR) is 50.2 cm³/mol. The molecule has 0 N–H and O–H groups in total. The van der Waals surface area contributed by atoms with E-state index in [2.05, 4.69) is 15.9 Å². The summed E-state index contributed by atoms with van der Waals surface area (Å²) in [5, 5.41) is 0.822. The third kappa shape index (κ3) is 2.20. The van der Waals surface area contributed by atoms with Crippen molar-refractivity contribution in [1.82, 2.24) is 4.90 Å². The summed E-state index contributed by atoms with van der Waals surface area (Å²) in [5.41, 5.74) is 0. The van der Waals surface area contributed by atoms with Crippen LogP contribution in [-0.2, 0) is 9.53 Å². The topological polar surface area (TPSA) is 29.5 Å². The summed E-state index contributed by atoms with van der Waals surface area (Å²) in [5.74, 6) is 0.216. The lowest BCUT2D eigenvalue weighted by molar-refractivity contribution is -0.135. The molecule has 0 radical (unpaired) electrons. The van der Waals surface area contributed by atoms with E-state index in [1.165, 1.54) is 0 Å². The number of hydrogen-bond donors (Lipinski definition) is 0. The van der Waals surface area contributed by atoms with Crippen LogP contribution in [0.4, 0.5) is 0 Å². The minimum Gasteiger partial charge on any atom is -0.359 e. The summed E-state index contributed by atoms with van der Waals surface area (Å²) in [4.78, 5) is 13.1. The van der Waals surface area contributed by atoms with Crippen molar-refractivity contribution in [2.45, 2.75) is 26.0 Å². The number of nitrogens with zero attached hydrogens (tertiary/aromatic N) is 1. The van der Waals surface area contributed by atoms with Gasteiger partial charge in [-0.1, -0.05) is 15.9 Å². The Balaban J connectivity index is 2.45. The van der Waals surface area contributed by atoms with Gasteiger partial charge in [-0.15, -0.1) is 0 Å². The highest BCUT2D eigenvalue weighted by Gasteiger charge is 2.30. The molecule has 1 amide bonds. The van der Waals surface area contributed by atoms with Crippen LogP contribution in [-0.4, -0.2) is 35.5 Å². The van der Waals surface area contributed by atoms with Crippen LogP contribution in [0.15, 0.2) is 0 Å². The predicted octanol–water partition coefficient (Wildman–Crippen LogP) is 1.37. The first-order valence-corrected chi connectivity index (χ1v) is 5.38. The van der Waals surface area contributed by atoms with Gasteiger partial charge in [0.2, 0.25) is 5.91 Å². The molecule has 1 saturated heterocycles. The molecule has 1 heterocycles. The SMILES string of the molecule is CCOC1CCC(=O)N1CCBr. The van der Waals surface area contributed by atoms with Crippen molar-refractivity contribution >= 4 is 21.8 Å². The van der Waals surface area contributed by atoms with Gasteiger partial charge in [0.1, 0.15) is 6.23 Å². The van der Waals surface area contributed by atoms with Gasteiger partial charge in [-0.2, -0.15) is 0 Å². The molecule has 1 fully saturated rings. The van der Waals surface area contributed by atoms with E-state index in [4.69, 9.17) is 4.74 Å². The molecule has 0 spiro atoms. The molecule has 1 unspecified atom stereocenters. The van der Waals surface area contributed by atoms with Crippen molar-refractivity contribution < 1.29 is 9.53 Å². The Bertz CT molecular complexity index is 163. The molecule has 0 aliphatic carbocycles. The Morgan fingerprint density at radius 1 is 1.75 bits per heavy atom. The number of hydrogen-bond acceptors (Lipinski definition) is 2. The number of carbonyl (C=O) groups is 1. The fourth-order valence-corrected chi connectivity index (χ4v) is 1.81. The molecule has 1 aliphatic rings. The molecular weight excluding hydrogens is 222 g/mol. The zero-order valence-electron chi connectivity index (χ0n) is 7.25. The second-order valence-electron chi connectivity index (χ2n) is 2.72. The summed E-state index contributed by atoms with van der Waals surface area (Å²) < 4.78 is 5.42. The molecule has 0 bridgehead atoms. The lowest BCUT2D eigenvalue weighted by Crippen LogP contribution is -2.36. The van der Waals surface area contributed by atoms with Gasteiger partial charge in [0.05, 0.1) is 0 Å². The zero-order chi connectivity index (χ0) is 8.97. The van der Waals surface area contributed by atoms with Gasteiger partial charge in [-0.05, 0) is 6.92 Å². The largest absolute Gasteiger partial charge is 0.359 e. The lowest BCUT2D eigenvalue weighted by Gasteiger charge is -2.23. The van der Waals surface area contributed by atoms with E-state index in [-0.39, 0.29) is 12.1 Å². The maximum atomic E-state index is 11.3. The number of likely N-dealkylation sites (tertiary alicyclic amines) is 1. The van der Waals surface area contributed by atoms with Crippen LogP contribution in [0.2, 0.25) is 0 Å². The number of halogens is 1. The third-order valence-corrected chi connectivity index (χ3v) is 2.31. The fourth-order valence-electron chi connectivity index (χ4n) is 1.43. The Hall–Kier alpha value is -0.0900. The van der Waals surface area contributed by atoms with E-state index >= 15 is 0 Å². The Morgan fingerprint density at radius 3 is 3.08 bits per heavy atom. The first-order valence-electron chi connectivity index (χ1n) is 4.26. The van der Waals surface area contributed by atoms with E-state index in [0.29, 0.717) is 13.0 Å². The summed E-state index contributed by atoms with van der Waals surface area (Å²) in [6.07, 6.45) is 1.51. The summed E-state index contributed by atoms with van der Waals surface area (Å²) in [6.45, 7) is 3.38. The van der Waals surface area contributed by atoms with Crippen LogP contribution < -0.4 is 0 Å². The Labute approximate surface area is 81.2 Å². The van der Waals surface area contributed by atoms with E-state index in [1.54, 1.807) is 4.90 Å². The van der Waals surface area contributed by atoms with Crippen molar-refractivity contribution in [1.29, 1.82) is 0 Å². The van der Waals surface area contributed by atoms with E-state index in [9.17, 15) is 4.79 Å². The second kappa shape index (κ2) is 4.82. The zero-order valence-corrected chi connectivity index (χ0v) is 8.84. The van der Waals surface area contributed by atoms with Crippen LogP contribution in [0.5, 0.6) is 0 Å². The van der Waals surface area contributed by atoms with E-state index < -0.39 is 0 Å². The molecule has 0 aromatic carbocycles.